The van der Waals surface area contributed by atoms with E-state index in [4.69, 9.17) is 0 Å². The van der Waals surface area contributed by atoms with Gasteiger partial charge in [0.1, 0.15) is 11.6 Å². The van der Waals surface area contributed by atoms with E-state index in [1.165, 1.54) is 24.3 Å². The number of nitrogens with one attached hydrogen (secondary N) is 1. The normalized spacial score (nSPS) is 22.2. The highest BCUT2D eigenvalue weighted by Crippen LogP contribution is 2.54. The van der Waals surface area contributed by atoms with Crippen molar-refractivity contribution in [3.63, 3.8) is 0 Å². The molecule has 0 saturated heterocycles. The number of hydrogen-bond donors (Lipinski definition) is 2. The molecule has 0 aromatic heterocycles. The number of amides is 1. The molecular formula is C19H19F2NO2. The minimum Gasteiger partial charge on any atom is -0.396 e. The van der Waals surface area contributed by atoms with Crippen LogP contribution in [0.5, 0.6) is 0 Å². The number of hydrogen-bond acceptors (Lipinski definition) is 2. The molecule has 24 heavy (non-hydrogen) atoms. The fourth-order valence-corrected chi connectivity index (χ4v) is 3.19. The summed E-state index contributed by atoms with van der Waals surface area (Å²) < 4.78 is 26.0. The zero-order chi connectivity index (χ0) is 17.2. The third kappa shape index (κ3) is 3.17. The van der Waals surface area contributed by atoms with Crippen molar-refractivity contribution in [2.24, 2.45) is 5.92 Å². The van der Waals surface area contributed by atoms with Gasteiger partial charge >= 0.3 is 0 Å². The summed E-state index contributed by atoms with van der Waals surface area (Å²) in [5.74, 6) is -0.947. The van der Waals surface area contributed by atoms with E-state index < -0.39 is 5.41 Å². The van der Waals surface area contributed by atoms with Crippen LogP contribution in [0, 0.1) is 17.6 Å². The highest BCUT2D eigenvalue weighted by Gasteiger charge is 2.60. The van der Waals surface area contributed by atoms with Gasteiger partial charge in [0.15, 0.2) is 0 Å². The highest BCUT2D eigenvalue weighted by molar-refractivity contribution is 5.92. The fourth-order valence-electron chi connectivity index (χ4n) is 3.19. The molecule has 1 saturated carbocycles. The number of carbonyl (C=O) groups excluding carboxylic acids is 1. The first-order chi connectivity index (χ1) is 11.6. The molecule has 0 spiro atoms. The smallest absolute Gasteiger partial charge is 0.231 e. The van der Waals surface area contributed by atoms with Crippen LogP contribution in [-0.4, -0.2) is 24.2 Å². The van der Waals surface area contributed by atoms with Crippen molar-refractivity contribution in [3.8, 4) is 0 Å². The molecule has 1 aliphatic rings. The summed E-state index contributed by atoms with van der Waals surface area (Å²) in [5.41, 5.74) is 0.884. The van der Waals surface area contributed by atoms with Crippen LogP contribution in [0.2, 0.25) is 0 Å². The summed E-state index contributed by atoms with van der Waals surface area (Å²) in [7, 11) is 0. The molecule has 1 amide bonds. The van der Waals surface area contributed by atoms with Gasteiger partial charge in [0.2, 0.25) is 5.91 Å². The quantitative estimate of drug-likeness (QED) is 0.855. The van der Waals surface area contributed by atoms with Crippen LogP contribution in [-0.2, 0) is 16.6 Å². The van der Waals surface area contributed by atoms with Gasteiger partial charge < -0.3 is 10.4 Å². The zero-order valence-electron chi connectivity index (χ0n) is 13.1. The molecular weight excluding hydrogens is 312 g/mol. The van der Waals surface area contributed by atoms with Crippen molar-refractivity contribution < 1.29 is 18.7 Å². The van der Waals surface area contributed by atoms with Gasteiger partial charge in [-0.2, -0.15) is 0 Å². The van der Waals surface area contributed by atoms with Crippen LogP contribution in [0.4, 0.5) is 8.78 Å². The molecule has 2 N–H and O–H groups in total. The van der Waals surface area contributed by atoms with Crippen LogP contribution in [0.3, 0.4) is 0 Å². The van der Waals surface area contributed by atoms with Gasteiger partial charge in [-0.05, 0) is 48.2 Å². The summed E-state index contributed by atoms with van der Waals surface area (Å²) in [6, 6.07) is 12.0. The maximum absolute atomic E-state index is 13.1. The van der Waals surface area contributed by atoms with Crippen molar-refractivity contribution in [1.29, 1.82) is 0 Å². The molecule has 1 fully saturated rings. The van der Waals surface area contributed by atoms with Crippen molar-refractivity contribution in [1.82, 2.24) is 5.32 Å². The van der Waals surface area contributed by atoms with E-state index >= 15 is 0 Å². The van der Waals surface area contributed by atoms with Crippen LogP contribution in [0.15, 0.2) is 48.5 Å². The predicted molar refractivity (Wildman–Crippen MR) is 86.4 cm³/mol. The van der Waals surface area contributed by atoms with Gasteiger partial charge in [0, 0.05) is 19.1 Å². The zero-order valence-corrected chi connectivity index (χ0v) is 13.1. The number of carbonyl (C=O) groups is 1. The molecule has 0 radical (unpaired) electrons. The average Bonchev–Trinajstić information content (AvgIpc) is 3.33. The van der Waals surface area contributed by atoms with Crippen LogP contribution in [0.25, 0.3) is 0 Å². The third-order valence-corrected chi connectivity index (χ3v) is 4.70. The highest BCUT2D eigenvalue weighted by atomic mass is 19.1. The molecule has 0 bridgehead atoms. The van der Waals surface area contributed by atoms with E-state index in [9.17, 15) is 18.7 Å². The Hall–Kier alpha value is -2.27. The first kappa shape index (κ1) is 16.6. The van der Waals surface area contributed by atoms with Crippen LogP contribution >= 0.6 is 0 Å². The Morgan fingerprint density at radius 3 is 2.21 bits per heavy atom. The van der Waals surface area contributed by atoms with E-state index in [2.05, 4.69) is 5.32 Å². The van der Waals surface area contributed by atoms with Gasteiger partial charge in [-0.25, -0.2) is 8.78 Å². The molecule has 0 aliphatic heterocycles. The lowest BCUT2D eigenvalue weighted by molar-refractivity contribution is -0.124. The fraction of sp³-hybridized carbons (Fsp3) is 0.316. The second-order valence-corrected chi connectivity index (χ2v) is 6.19. The Morgan fingerprint density at radius 1 is 1.08 bits per heavy atom. The van der Waals surface area contributed by atoms with Crippen LogP contribution < -0.4 is 5.32 Å². The molecule has 2 aromatic rings. The largest absolute Gasteiger partial charge is 0.396 e. The standard InChI is InChI=1S/C19H19F2NO2/c20-16-5-1-13(2-6-16)9-10-22-18(24)19(11-15(19)12-23)14-3-7-17(21)8-4-14/h1-8,15,23H,9-12H2,(H,22,24)/t15-,19+/m0/s1. The van der Waals surface area contributed by atoms with Gasteiger partial charge in [-0.15, -0.1) is 0 Å². The Labute approximate surface area is 139 Å². The average molecular weight is 331 g/mol. The summed E-state index contributed by atoms with van der Waals surface area (Å²) in [4.78, 5) is 12.7. The number of aliphatic hydroxyl groups is 1. The molecule has 5 heteroatoms. The molecule has 126 valence electrons. The minimum absolute atomic E-state index is 0.0806. The second-order valence-electron chi connectivity index (χ2n) is 6.19. The summed E-state index contributed by atoms with van der Waals surface area (Å²) >= 11 is 0. The van der Waals surface area contributed by atoms with Crippen molar-refractivity contribution in [2.45, 2.75) is 18.3 Å². The van der Waals surface area contributed by atoms with Crippen molar-refractivity contribution in [3.05, 3.63) is 71.3 Å². The molecule has 2 aromatic carbocycles. The SMILES string of the molecule is O=C(NCCc1ccc(F)cc1)[C@@]1(c2ccc(F)cc2)C[C@H]1CO. The Morgan fingerprint density at radius 2 is 1.67 bits per heavy atom. The third-order valence-electron chi connectivity index (χ3n) is 4.70. The monoisotopic (exact) mass is 331 g/mol. The predicted octanol–water partition coefficient (Wildman–Crippen LogP) is 2.57. The molecule has 0 unspecified atom stereocenters. The molecule has 0 heterocycles. The number of rotatable bonds is 6. The number of aliphatic hydroxyl groups excluding tert-OH is 1. The van der Waals surface area contributed by atoms with E-state index in [-0.39, 0.29) is 30.1 Å². The molecule has 3 nitrogen and oxygen atoms in total. The van der Waals surface area contributed by atoms with Gasteiger partial charge in [-0.1, -0.05) is 24.3 Å². The van der Waals surface area contributed by atoms with Crippen molar-refractivity contribution in [2.75, 3.05) is 13.2 Å². The van der Waals surface area contributed by atoms with Crippen LogP contribution in [0.1, 0.15) is 17.5 Å². The topological polar surface area (TPSA) is 49.3 Å². The van der Waals surface area contributed by atoms with Crippen molar-refractivity contribution >= 4 is 5.91 Å². The number of benzene rings is 2. The Balaban J connectivity index is 1.65. The second kappa shape index (κ2) is 6.69. The van der Waals surface area contributed by atoms with Gasteiger partial charge in [-0.3, -0.25) is 4.79 Å². The summed E-state index contributed by atoms with van der Waals surface area (Å²) in [6.45, 7) is 0.342. The lowest BCUT2D eigenvalue weighted by Gasteiger charge is -2.18. The van der Waals surface area contributed by atoms with E-state index in [1.54, 1.807) is 24.3 Å². The molecule has 2 atom stereocenters. The molecule has 1 aliphatic carbocycles. The van der Waals surface area contributed by atoms with E-state index in [0.29, 0.717) is 19.4 Å². The first-order valence-corrected chi connectivity index (χ1v) is 7.96. The summed E-state index contributed by atoms with van der Waals surface area (Å²) in [6.07, 6.45) is 1.15. The number of halogens is 2. The van der Waals surface area contributed by atoms with E-state index in [0.717, 1.165) is 11.1 Å². The maximum Gasteiger partial charge on any atom is 0.231 e. The molecule has 3 rings (SSSR count). The van der Waals surface area contributed by atoms with Gasteiger partial charge in [0.05, 0.1) is 5.41 Å². The lowest BCUT2D eigenvalue weighted by atomic mass is 9.92. The Kier molecular flexibility index (Phi) is 4.62. The summed E-state index contributed by atoms with van der Waals surface area (Å²) in [5, 5.41) is 12.3. The maximum atomic E-state index is 13.1. The Bertz CT molecular complexity index is 715. The van der Waals surface area contributed by atoms with E-state index in [1.807, 2.05) is 0 Å². The van der Waals surface area contributed by atoms with Gasteiger partial charge in [0.25, 0.3) is 0 Å². The minimum atomic E-state index is -0.773. The lowest BCUT2D eigenvalue weighted by Crippen LogP contribution is -2.37. The first-order valence-electron chi connectivity index (χ1n) is 7.96.